The topological polar surface area (TPSA) is 98.9 Å². The molecule has 108 valence electrons. The Hall–Kier alpha value is -2.90. The molecule has 0 saturated carbocycles. The molecule has 3 rings (SSSR count). The van der Waals surface area contributed by atoms with E-state index in [0.717, 1.165) is 11.3 Å². The molecule has 0 fully saturated rings. The minimum absolute atomic E-state index is 0.154. The lowest BCUT2D eigenvalue weighted by atomic mass is 10.2. The molecule has 0 aromatic carbocycles. The van der Waals surface area contributed by atoms with Crippen LogP contribution in [0.3, 0.4) is 0 Å². The summed E-state index contributed by atoms with van der Waals surface area (Å²) < 4.78 is 6.83. The van der Waals surface area contributed by atoms with Gasteiger partial charge in [-0.05, 0) is 19.1 Å². The van der Waals surface area contributed by atoms with Crippen molar-refractivity contribution in [3.05, 3.63) is 42.1 Å². The number of nitrogens with zero attached hydrogens (tertiary/aromatic N) is 6. The Morgan fingerprint density at radius 2 is 2.19 bits per heavy atom. The molecule has 0 bridgehead atoms. The summed E-state index contributed by atoms with van der Waals surface area (Å²) in [6.45, 7) is 2.53. The monoisotopic (exact) mass is 285 g/mol. The highest BCUT2D eigenvalue weighted by atomic mass is 16.3. The minimum Gasteiger partial charge on any atom is -0.469 e. The Morgan fingerprint density at radius 3 is 2.86 bits per heavy atom. The largest absolute Gasteiger partial charge is 0.469 e. The highest BCUT2D eigenvalue weighted by molar-refractivity contribution is 5.38. The van der Waals surface area contributed by atoms with E-state index in [1.54, 1.807) is 29.4 Å². The van der Waals surface area contributed by atoms with Crippen LogP contribution in [0, 0.1) is 6.92 Å². The molecule has 3 aromatic rings. The van der Waals surface area contributed by atoms with Crippen molar-refractivity contribution >= 4 is 11.9 Å². The first-order chi connectivity index (χ1) is 10.1. The summed E-state index contributed by atoms with van der Waals surface area (Å²) in [6, 6.07) is 3.71. The van der Waals surface area contributed by atoms with Gasteiger partial charge in [0.1, 0.15) is 5.76 Å². The van der Waals surface area contributed by atoms with Gasteiger partial charge < -0.3 is 15.1 Å². The zero-order valence-electron chi connectivity index (χ0n) is 11.8. The molecule has 0 aliphatic rings. The molecule has 2 N–H and O–H groups in total. The van der Waals surface area contributed by atoms with Crippen LogP contribution in [0.4, 0.5) is 11.9 Å². The second-order valence-corrected chi connectivity index (χ2v) is 4.60. The Bertz CT molecular complexity index is 735. The number of nitrogens with two attached hydrogens (primary N) is 1. The summed E-state index contributed by atoms with van der Waals surface area (Å²) in [7, 11) is 1.88. The van der Waals surface area contributed by atoms with Crippen LogP contribution < -0.4 is 10.6 Å². The molecular weight excluding hydrogens is 270 g/mol. The molecule has 0 aliphatic heterocycles. The molecular formula is C13H15N7O. The normalized spacial score (nSPS) is 10.8. The molecule has 0 atom stereocenters. The minimum atomic E-state index is 0.154. The number of aryl methyl sites for hydroxylation is 1. The fourth-order valence-corrected chi connectivity index (χ4v) is 1.93. The molecule has 3 heterocycles. The first-order valence-electron chi connectivity index (χ1n) is 6.39. The van der Waals surface area contributed by atoms with E-state index in [1.807, 2.05) is 24.9 Å². The lowest BCUT2D eigenvalue weighted by molar-refractivity contribution is 0.529. The standard InChI is InChI=1S/C13H15N7O/c1-9-10(4-7-21-9)8-19(2)12-16-11(14)17-13(18-12)20-6-3-5-15-20/h3-7H,8H2,1-2H3,(H2,14,16,17,18). The van der Waals surface area contributed by atoms with E-state index in [-0.39, 0.29) is 5.95 Å². The van der Waals surface area contributed by atoms with Gasteiger partial charge in [-0.15, -0.1) is 0 Å². The van der Waals surface area contributed by atoms with Gasteiger partial charge in [-0.2, -0.15) is 20.1 Å². The molecule has 21 heavy (non-hydrogen) atoms. The van der Waals surface area contributed by atoms with Crippen LogP contribution in [0.25, 0.3) is 5.95 Å². The van der Waals surface area contributed by atoms with Crippen molar-refractivity contribution in [2.75, 3.05) is 17.7 Å². The van der Waals surface area contributed by atoms with Gasteiger partial charge in [-0.25, -0.2) is 4.68 Å². The van der Waals surface area contributed by atoms with Crippen LogP contribution in [-0.2, 0) is 6.54 Å². The maximum Gasteiger partial charge on any atom is 0.257 e. The number of furan rings is 1. The summed E-state index contributed by atoms with van der Waals surface area (Å²) in [5, 5.41) is 4.09. The Labute approximate surface area is 121 Å². The summed E-state index contributed by atoms with van der Waals surface area (Å²) in [4.78, 5) is 14.5. The van der Waals surface area contributed by atoms with E-state index in [9.17, 15) is 0 Å². The van der Waals surface area contributed by atoms with E-state index >= 15 is 0 Å². The average molecular weight is 285 g/mol. The molecule has 3 aromatic heterocycles. The van der Waals surface area contributed by atoms with Crippen molar-refractivity contribution in [1.29, 1.82) is 0 Å². The first-order valence-corrected chi connectivity index (χ1v) is 6.39. The molecule has 0 radical (unpaired) electrons. The van der Waals surface area contributed by atoms with Crippen LogP contribution >= 0.6 is 0 Å². The molecule has 0 saturated heterocycles. The molecule has 0 unspecified atom stereocenters. The lowest BCUT2D eigenvalue weighted by Crippen LogP contribution is -2.21. The second kappa shape index (κ2) is 5.23. The average Bonchev–Trinajstić information content (AvgIpc) is 3.11. The zero-order valence-corrected chi connectivity index (χ0v) is 11.8. The summed E-state index contributed by atoms with van der Waals surface area (Å²) >= 11 is 0. The van der Waals surface area contributed by atoms with E-state index in [1.165, 1.54) is 0 Å². The number of anilines is 2. The van der Waals surface area contributed by atoms with Gasteiger partial charge in [0, 0.05) is 31.5 Å². The molecule has 0 amide bonds. The fraction of sp³-hybridized carbons (Fsp3) is 0.231. The molecule has 0 spiro atoms. The Morgan fingerprint density at radius 1 is 1.33 bits per heavy atom. The third-order valence-electron chi connectivity index (χ3n) is 3.05. The number of hydrogen-bond acceptors (Lipinski definition) is 7. The maximum absolute atomic E-state index is 5.76. The van der Waals surface area contributed by atoms with Crippen molar-refractivity contribution in [3.63, 3.8) is 0 Å². The van der Waals surface area contributed by atoms with Gasteiger partial charge in [0.15, 0.2) is 0 Å². The number of hydrogen-bond donors (Lipinski definition) is 1. The van der Waals surface area contributed by atoms with Crippen LogP contribution in [0.5, 0.6) is 0 Å². The lowest BCUT2D eigenvalue weighted by Gasteiger charge is -2.17. The van der Waals surface area contributed by atoms with Gasteiger partial charge in [0.2, 0.25) is 11.9 Å². The first kappa shape index (κ1) is 13.1. The van der Waals surface area contributed by atoms with Gasteiger partial charge in [-0.3, -0.25) is 0 Å². The summed E-state index contributed by atoms with van der Waals surface area (Å²) in [6.07, 6.45) is 5.06. The van der Waals surface area contributed by atoms with Gasteiger partial charge in [-0.1, -0.05) is 0 Å². The summed E-state index contributed by atoms with van der Waals surface area (Å²) in [5.74, 6) is 1.89. The van der Waals surface area contributed by atoms with Crippen molar-refractivity contribution in [2.45, 2.75) is 13.5 Å². The van der Waals surface area contributed by atoms with Crippen LogP contribution in [0.1, 0.15) is 11.3 Å². The Kier molecular flexibility index (Phi) is 3.27. The predicted molar refractivity (Wildman–Crippen MR) is 76.9 cm³/mol. The van der Waals surface area contributed by atoms with Gasteiger partial charge in [0.25, 0.3) is 5.95 Å². The van der Waals surface area contributed by atoms with Crippen LogP contribution in [0.15, 0.2) is 35.2 Å². The third-order valence-corrected chi connectivity index (χ3v) is 3.05. The smallest absolute Gasteiger partial charge is 0.257 e. The zero-order chi connectivity index (χ0) is 14.8. The van der Waals surface area contributed by atoms with E-state index in [2.05, 4.69) is 20.1 Å². The van der Waals surface area contributed by atoms with Crippen LogP contribution in [0.2, 0.25) is 0 Å². The van der Waals surface area contributed by atoms with E-state index < -0.39 is 0 Å². The van der Waals surface area contributed by atoms with Gasteiger partial charge in [0.05, 0.1) is 6.26 Å². The maximum atomic E-state index is 5.76. The number of aromatic nitrogens is 5. The van der Waals surface area contributed by atoms with E-state index in [0.29, 0.717) is 18.4 Å². The van der Waals surface area contributed by atoms with Crippen molar-refractivity contribution in [1.82, 2.24) is 24.7 Å². The SMILES string of the molecule is Cc1occc1CN(C)c1nc(N)nc(-n2cccn2)n1. The summed E-state index contributed by atoms with van der Waals surface area (Å²) in [5.41, 5.74) is 6.82. The fourth-order valence-electron chi connectivity index (χ4n) is 1.93. The van der Waals surface area contributed by atoms with E-state index in [4.69, 9.17) is 10.2 Å². The second-order valence-electron chi connectivity index (χ2n) is 4.60. The third kappa shape index (κ3) is 2.69. The highest BCUT2D eigenvalue weighted by Crippen LogP contribution is 2.16. The highest BCUT2D eigenvalue weighted by Gasteiger charge is 2.12. The van der Waals surface area contributed by atoms with Gasteiger partial charge >= 0.3 is 0 Å². The number of rotatable bonds is 4. The quantitative estimate of drug-likeness (QED) is 0.768. The van der Waals surface area contributed by atoms with Crippen molar-refractivity contribution in [2.24, 2.45) is 0 Å². The molecule has 8 heteroatoms. The Balaban J connectivity index is 1.89. The van der Waals surface area contributed by atoms with Crippen molar-refractivity contribution < 1.29 is 4.42 Å². The van der Waals surface area contributed by atoms with Crippen molar-refractivity contribution in [3.8, 4) is 5.95 Å². The molecule has 0 aliphatic carbocycles. The predicted octanol–water partition coefficient (Wildman–Crippen LogP) is 1.18. The molecule has 8 nitrogen and oxygen atoms in total. The number of nitrogen functional groups attached to an aromatic ring is 1. The van der Waals surface area contributed by atoms with Crippen LogP contribution in [-0.4, -0.2) is 31.8 Å².